The molecular weight excluding hydrogens is 296 g/mol. The molecule has 0 spiro atoms. The smallest absolute Gasteiger partial charge is 0.263 e. The van der Waals surface area contributed by atoms with E-state index < -0.39 is 0 Å². The topological polar surface area (TPSA) is 88.5 Å². The highest BCUT2D eigenvalue weighted by atomic mass is 16.4. The molecule has 3 rings (SSSR count). The molecule has 2 N–H and O–H groups in total. The van der Waals surface area contributed by atoms with Gasteiger partial charge in [0.05, 0.1) is 18.4 Å². The van der Waals surface area contributed by atoms with Crippen LogP contribution in [0.3, 0.4) is 0 Å². The molecule has 2 aromatic rings. The molecule has 0 aliphatic heterocycles. The van der Waals surface area contributed by atoms with Crippen molar-refractivity contribution in [3.05, 3.63) is 29.9 Å². The van der Waals surface area contributed by atoms with E-state index >= 15 is 0 Å². The standard InChI is InChI=1S/C17H22N2O4/c1-11-14(19-17(23-11)15-7-4-8-22-15)9-16(21)18-13-6-3-2-5-12(13)10-20/h4,7-8,12-13,20H,2-3,5-6,9-10H2,1H3,(H,18,21). The van der Waals surface area contributed by atoms with Crippen molar-refractivity contribution < 1.29 is 18.7 Å². The van der Waals surface area contributed by atoms with E-state index in [0.29, 0.717) is 23.1 Å². The van der Waals surface area contributed by atoms with Gasteiger partial charge >= 0.3 is 0 Å². The summed E-state index contributed by atoms with van der Waals surface area (Å²) in [4.78, 5) is 16.6. The molecule has 6 heteroatoms. The summed E-state index contributed by atoms with van der Waals surface area (Å²) in [7, 11) is 0. The summed E-state index contributed by atoms with van der Waals surface area (Å²) in [5, 5.41) is 12.5. The third-order valence-electron chi connectivity index (χ3n) is 4.44. The maximum Gasteiger partial charge on any atom is 0.263 e. The van der Waals surface area contributed by atoms with E-state index in [1.54, 1.807) is 25.3 Å². The Labute approximate surface area is 134 Å². The van der Waals surface area contributed by atoms with Gasteiger partial charge in [0.15, 0.2) is 5.76 Å². The lowest BCUT2D eigenvalue weighted by Crippen LogP contribution is -2.44. The van der Waals surface area contributed by atoms with Crippen molar-refractivity contribution in [3.63, 3.8) is 0 Å². The van der Waals surface area contributed by atoms with E-state index in [0.717, 1.165) is 25.7 Å². The molecule has 1 aliphatic carbocycles. The number of carbonyl (C=O) groups is 1. The number of hydrogen-bond acceptors (Lipinski definition) is 5. The summed E-state index contributed by atoms with van der Waals surface area (Å²) >= 11 is 0. The number of nitrogens with zero attached hydrogens (tertiary/aromatic N) is 1. The summed E-state index contributed by atoms with van der Waals surface area (Å²) in [5.74, 6) is 1.63. The number of carbonyl (C=O) groups excluding carboxylic acids is 1. The molecule has 1 fully saturated rings. The van der Waals surface area contributed by atoms with Gasteiger partial charge in [-0.15, -0.1) is 0 Å². The fourth-order valence-electron chi connectivity index (χ4n) is 3.12. The number of aryl methyl sites for hydroxylation is 1. The molecule has 0 saturated heterocycles. The first-order valence-electron chi connectivity index (χ1n) is 8.07. The largest absolute Gasteiger partial charge is 0.459 e. The second kappa shape index (κ2) is 7.00. The van der Waals surface area contributed by atoms with Crippen molar-refractivity contribution in [2.24, 2.45) is 5.92 Å². The van der Waals surface area contributed by atoms with Crippen LogP contribution < -0.4 is 5.32 Å². The molecule has 1 aliphatic rings. The molecule has 0 radical (unpaired) electrons. The lowest BCUT2D eigenvalue weighted by molar-refractivity contribution is -0.121. The molecule has 6 nitrogen and oxygen atoms in total. The number of aromatic nitrogens is 1. The molecule has 2 atom stereocenters. The van der Waals surface area contributed by atoms with E-state index in [9.17, 15) is 9.90 Å². The molecule has 2 aromatic heterocycles. The van der Waals surface area contributed by atoms with E-state index in [1.807, 2.05) is 0 Å². The first kappa shape index (κ1) is 15.8. The van der Waals surface area contributed by atoms with Crippen molar-refractivity contribution >= 4 is 5.91 Å². The number of oxazole rings is 1. The van der Waals surface area contributed by atoms with Crippen molar-refractivity contribution in [1.82, 2.24) is 10.3 Å². The predicted molar refractivity (Wildman–Crippen MR) is 83.6 cm³/mol. The minimum atomic E-state index is -0.0854. The Bertz CT molecular complexity index is 648. The molecule has 2 heterocycles. The highest BCUT2D eigenvalue weighted by Crippen LogP contribution is 2.25. The quantitative estimate of drug-likeness (QED) is 0.884. The second-order valence-electron chi connectivity index (χ2n) is 6.08. The first-order chi connectivity index (χ1) is 11.2. The Morgan fingerprint density at radius 2 is 2.26 bits per heavy atom. The Hall–Kier alpha value is -2.08. The van der Waals surface area contributed by atoms with E-state index in [1.165, 1.54) is 0 Å². The molecule has 1 saturated carbocycles. The maximum absolute atomic E-state index is 12.3. The van der Waals surface area contributed by atoms with Crippen molar-refractivity contribution in [2.75, 3.05) is 6.61 Å². The number of hydrogen-bond donors (Lipinski definition) is 2. The molecule has 0 bridgehead atoms. The number of rotatable bonds is 5. The van der Waals surface area contributed by atoms with Gasteiger partial charge in [-0.3, -0.25) is 4.79 Å². The van der Waals surface area contributed by atoms with Crippen LogP contribution in [0.15, 0.2) is 27.2 Å². The van der Waals surface area contributed by atoms with E-state index in [-0.39, 0.29) is 30.9 Å². The summed E-state index contributed by atoms with van der Waals surface area (Å²) < 4.78 is 10.8. The Kier molecular flexibility index (Phi) is 4.81. The SMILES string of the molecule is Cc1oc(-c2ccco2)nc1CC(=O)NC1CCCCC1CO. The van der Waals surface area contributed by atoms with Crippen molar-refractivity contribution in [1.29, 1.82) is 0 Å². The zero-order chi connectivity index (χ0) is 16.2. The number of furan rings is 1. The normalized spacial score (nSPS) is 21.3. The van der Waals surface area contributed by atoms with Gasteiger partial charge in [-0.1, -0.05) is 12.8 Å². The van der Waals surface area contributed by atoms with Crippen LogP contribution in [0.1, 0.15) is 37.1 Å². The highest BCUT2D eigenvalue weighted by molar-refractivity contribution is 5.78. The average Bonchev–Trinajstić information content (AvgIpc) is 3.18. The first-order valence-corrected chi connectivity index (χ1v) is 8.07. The lowest BCUT2D eigenvalue weighted by Gasteiger charge is -2.30. The van der Waals surface area contributed by atoms with Crippen LogP contribution in [-0.2, 0) is 11.2 Å². The maximum atomic E-state index is 12.3. The number of amides is 1. The van der Waals surface area contributed by atoms with E-state index in [2.05, 4.69) is 10.3 Å². The number of aliphatic hydroxyl groups is 1. The van der Waals surface area contributed by atoms with Gasteiger partial charge in [0.1, 0.15) is 5.76 Å². The number of aliphatic hydroxyl groups excluding tert-OH is 1. The second-order valence-corrected chi connectivity index (χ2v) is 6.08. The molecule has 23 heavy (non-hydrogen) atoms. The van der Waals surface area contributed by atoms with Crippen LogP contribution >= 0.6 is 0 Å². The molecule has 0 aromatic carbocycles. The third-order valence-corrected chi connectivity index (χ3v) is 4.44. The lowest BCUT2D eigenvalue weighted by atomic mass is 9.85. The van der Waals surface area contributed by atoms with Crippen molar-refractivity contribution in [3.8, 4) is 11.7 Å². The van der Waals surface area contributed by atoms with Crippen LogP contribution in [-0.4, -0.2) is 28.6 Å². The monoisotopic (exact) mass is 318 g/mol. The minimum absolute atomic E-state index is 0.0537. The Morgan fingerprint density at radius 1 is 1.43 bits per heavy atom. The summed E-state index contributed by atoms with van der Waals surface area (Å²) in [6.45, 7) is 1.91. The number of nitrogens with one attached hydrogen (secondary N) is 1. The van der Waals surface area contributed by atoms with Crippen LogP contribution in [0.4, 0.5) is 0 Å². The highest BCUT2D eigenvalue weighted by Gasteiger charge is 2.26. The fraction of sp³-hybridized carbons (Fsp3) is 0.529. The van der Waals surface area contributed by atoms with Gasteiger partial charge in [0.2, 0.25) is 5.91 Å². The van der Waals surface area contributed by atoms with Crippen molar-refractivity contribution in [2.45, 2.75) is 45.1 Å². The van der Waals surface area contributed by atoms with Crippen LogP contribution in [0.5, 0.6) is 0 Å². The zero-order valence-electron chi connectivity index (χ0n) is 13.2. The van der Waals surface area contributed by atoms with Gasteiger partial charge in [0, 0.05) is 18.6 Å². The van der Waals surface area contributed by atoms with Crippen LogP contribution in [0.25, 0.3) is 11.7 Å². The van der Waals surface area contributed by atoms with Crippen LogP contribution in [0, 0.1) is 12.8 Å². The summed E-state index contributed by atoms with van der Waals surface area (Å²) in [5.41, 5.74) is 0.616. The minimum Gasteiger partial charge on any atom is -0.459 e. The van der Waals surface area contributed by atoms with Gasteiger partial charge in [0.25, 0.3) is 5.89 Å². The van der Waals surface area contributed by atoms with Gasteiger partial charge in [-0.2, -0.15) is 0 Å². The Balaban J connectivity index is 1.63. The van der Waals surface area contributed by atoms with E-state index in [4.69, 9.17) is 8.83 Å². The van der Waals surface area contributed by atoms with Crippen LogP contribution in [0.2, 0.25) is 0 Å². The fourth-order valence-corrected chi connectivity index (χ4v) is 3.12. The van der Waals surface area contributed by atoms with Gasteiger partial charge < -0.3 is 19.3 Å². The third kappa shape index (κ3) is 3.64. The molecular formula is C17H22N2O4. The Morgan fingerprint density at radius 3 is 3.00 bits per heavy atom. The summed E-state index contributed by atoms with van der Waals surface area (Å²) in [6.07, 6.45) is 5.82. The van der Waals surface area contributed by atoms with Gasteiger partial charge in [-0.25, -0.2) is 4.98 Å². The molecule has 1 amide bonds. The summed E-state index contributed by atoms with van der Waals surface area (Å²) in [6, 6.07) is 3.58. The molecule has 2 unspecified atom stereocenters. The average molecular weight is 318 g/mol. The zero-order valence-corrected chi connectivity index (χ0v) is 13.2. The predicted octanol–water partition coefficient (Wildman–Crippen LogP) is 2.45. The van der Waals surface area contributed by atoms with Gasteiger partial charge in [-0.05, 0) is 31.9 Å². The molecule has 124 valence electrons.